The molecule has 1 heterocycles. The maximum absolute atomic E-state index is 12.8. The molecule has 1 aromatic carbocycles. The number of imidazole rings is 1. The zero-order valence-electron chi connectivity index (χ0n) is 10.5. The average Bonchev–Trinajstić information content (AvgIpc) is 2.89. The molecule has 2 aromatic rings. The van der Waals surface area contributed by atoms with E-state index in [2.05, 4.69) is 4.98 Å². The minimum Gasteiger partial charge on any atom is -0.310 e. The van der Waals surface area contributed by atoms with E-state index in [4.69, 9.17) is 10.5 Å². The van der Waals surface area contributed by atoms with Gasteiger partial charge in [0.05, 0.1) is 12.4 Å². The molecule has 0 saturated carbocycles. The molecule has 1 atom stereocenters. The predicted molar refractivity (Wildman–Crippen MR) is 67.1 cm³/mol. The lowest BCUT2D eigenvalue weighted by Gasteiger charge is -2.13. The number of nitrogens with zero attached hydrogens (tertiary/aromatic N) is 4. The summed E-state index contributed by atoms with van der Waals surface area (Å²) < 4.78 is 14.2. The molecule has 98 valence electrons. The SMILES string of the molecule is CC(C(=O)c1ccc(F)cc1)n1cnc(C#N)c1C#N. The molecule has 6 heteroatoms. The normalized spacial score (nSPS) is 11.4. The van der Waals surface area contributed by atoms with Crippen LogP contribution >= 0.6 is 0 Å². The lowest BCUT2D eigenvalue weighted by molar-refractivity contribution is 0.0934. The summed E-state index contributed by atoms with van der Waals surface area (Å²) in [5.41, 5.74) is 0.344. The summed E-state index contributed by atoms with van der Waals surface area (Å²) in [7, 11) is 0. The van der Waals surface area contributed by atoms with E-state index in [9.17, 15) is 9.18 Å². The molecule has 0 saturated heterocycles. The summed E-state index contributed by atoms with van der Waals surface area (Å²) in [5, 5.41) is 17.9. The van der Waals surface area contributed by atoms with Gasteiger partial charge in [-0.25, -0.2) is 9.37 Å². The van der Waals surface area contributed by atoms with Crippen molar-refractivity contribution < 1.29 is 9.18 Å². The van der Waals surface area contributed by atoms with Crippen LogP contribution in [-0.4, -0.2) is 15.3 Å². The van der Waals surface area contributed by atoms with Crippen LogP contribution in [0, 0.1) is 28.5 Å². The number of hydrogen-bond donors (Lipinski definition) is 0. The summed E-state index contributed by atoms with van der Waals surface area (Å²) in [6.45, 7) is 1.59. The minimum absolute atomic E-state index is 0.0220. The molecule has 2 rings (SSSR count). The lowest BCUT2D eigenvalue weighted by Crippen LogP contribution is -2.17. The highest BCUT2D eigenvalue weighted by atomic mass is 19.1. The topological polar surface area (TPSA) is 82.5 Å². The second-order valence-corrected chi connectivity index (χ2v) is 4.12. The fraction of sp³-hybridized carbons (Fsp3) is 0.143. The van der Waals surface area contributed by atoms with Crippen LogP contribution in [0.2, 0.25) is 0 Å². The Morgan fingerprint density at radius 3 is 2.50 bits per heavy atom. The highest BCUT2D eigenvalue weighted by molar-refractivity contribution is 5.98. The maximum Gasteiger partial charge on any atom is 0.185 e. The van der Waals surface area contributed by atoms with Gasteiger partial charge in [-0.1, -0.05) is 0 Å². The van der Waals surface area contributed by atoms with Gasteiger partial charge in [0.15, 0.2) is 17.2 Å². The number of hydrogen-bond acceptors (Lipinski definition) is 4. The van der Waals surface area contributed by atoms with Gasteiger partial charge in [0, 0.05) is 5.56 Å². The quantitative estimate of drug-likeness (QED) is 0.799. The molecule has 1 aromatic heterocycles. The maximum atomic E-state index is 12.8. The van der Waals surface area contributed by atoms with Gasteiger partial charge in [0.2, 0.25) is 0 Å². The van der Waals surface area contributed by atoms with E-state index < -0.39 is 11.9 Å². The van der Waals surface area contributed by atoms with Crippen molar-refractivity contribution in [3.63, 3.8) is 0 Å². The smallest absolute Gasteiger partial charge is 0.185 e. The first-order valence-corrected chi connectivity index (χ1v) is 5.75. The Labute approximate surface area is 114 Å². The molecule has 0 N–H and O–H groups in total. The van der Waals surface area contributed by atoms with Crippen LogP contribution in [0.15, 0.2) is 30.6 Å². The minimum atomic E-state index is -0.704. The third-order valence-electron chi connectivity index (χ3n) is 2.93. The standard InChI is InChI=1S/C14H9FN4O/c1-9(14(20)10-2-4-11(15)5-3-10)19-8-18-12(6-16)13(19)7-17/h2-5,8-9H,1H3. The van der Waals surface area contributed by atoms with E-state index in [1.807, 2.05) is 6.07 Å². The van der Waals surface area contributed by atoms with Crippen molar-refractivity contribution in [3.8, 4) is 12.1 Å². The summed E-state index contributed by atoms with van der Waals surface area (Å²) in [4.78, 5) is 16.0. The first kappa shape index (κ1) is 13.4. The van der Waals surface area contributed by atoms with E-state index in [1.54, 1.807) is 13.0 Å². The molecule has 0 amide bonds. The van der Waals surface area contributed by atoms with Crippen molar-refractivity contribution in [1.29, 1.82) is 10.5 Å². The number of ketones is 1. The van der Waals surface area contributed by atoms with E-state index in [-0.39, 0.29) is 17.2 Å². The largest absolute Gasteiger partial charge is 0.310 e. The van der Waals surface area contributed by atoms with E-state index >= 15 is 0 Å². The number of carbonyl (C=O) groups excluding carboxylic acids is 1. The van der Waals surface area contributed by atoms with Crippen LogP contribution in [0.1, 0.15) is 34.7 Å². The highest BCUT2D eigenvalue weighted by Gasteiger charge is 2.21. The number of carbonyl (C=O) groups is 1. The number of benzene rings is 1. The number of nitriles is 2. The van der Waals surface area contributed by atoms with Gasteiger partial charge in [0.1, 0.15) is 18.0 Å². The Morgan fingerprint density at radius 2 is 1.95 bits per heavy atom. The van der Waals surface area contributed by atoms with Crippen LogP contribution in [0.5, 0.6) is 0 Å². The van der Waals surface area contributed by atoms with Gasteiger partial charge in [0.25, 0.3) is 0 Å². The second-order valence-electron chi connectivity index (χ2n) is 4.12. The molecule has 0 aliphatic heterocycles. The molecular formula is C14H9FN4O. The first-order chi connectivity index (χ1) is 9.58. The molecule has 20 heavy (non-hydrogen) atoms. The van der Waals surface area contributed by atoms with Gasteiger partial charge >= 0.3 is 0 Å². The predicted octanol–water partition coefficient (Wildman–Crippen LogP) is 2.21. The van der Waals surface area contributed by atoms with Gasteiger partial charge in [-0.15, -0.1) is 0 Å². The van der Waals surface area contributed by atoms with Gasteiger partial charge in [-0.05, 0) is 31.2 Å². The van der Waals surface area contributed by atoms with Gasteiger partial charge in [-0.3, -0.25) is 4.79 Å². The molecule has 0 aliphatic rings. The van der Waals surface area contributed by atoms with Crippen LogP contribution in [0.4, 0.5) is 4.39 Å². The Morgan fingerprint density at radius 1 is 1.30 bits per heavy atom. The molecular weight excluding hydrogens is 259 g/mol. The van der Waals surface area contributed by atoms with Crippen molar-refractivity contribution in [1.82, 2.24) is 9.55 Å². The molecule has 0 aliphatic carbocycles. The third-order valence-corrected chi connectivity index (χ3v) is 2.93. The van der Waals surface area contributed by atoms with Crippen molar-refractivity contribution >= 4 is 5.78 Å². The highest BCUT2D eigenvalue weighted by Crippen LogP contribution is 2.18. The van der Waals surface area contributed by atoms with Crippen LogP contribution < -0.4 is 0 Å². The second kappa shape index (κ2) is 5.33. The summed E-state index contributed by atoms with van der Waals surface area (Å²) in [5.74, 6) is -0.718. The fourth-order valence-corrected chi connectivity index (χ4v) is 1.83. The Kier molecular flexibility index (Phi) is 3.58. The Hall–Kier alpha value is -2.99. The fourth-order valence-electron chi connectivity index (χ4n) is 1.83. The van der Waals surface area contributed by atoms with Gasteiger partial charge in [-0.2, -0.15) is 10.5 Å². The number of Topliss-reactive ketones (excluding diaryl/α,β-unsaturated/α-hetero) is 1. The molecule has 0 fully saturated rings. The summed E-state index contributed by atoms with van der Waals surface area (Å²) in [6.07, 6.45) is 1.28. The average molecular weight is 268 g/mol. The molecule has 0 bridgehead atoms. The summed E-state index contributed by atoms with van der Waals surface area (Å²) in [6, 6.07) is 8.09. The lowest BCUT2D eigenvalue weighted by atomic mass is 10.1. The molecule has 5 nitrogen and oxygen atoms in total. The number of rotatable bonds is 3. The van der Waals surface area contributed by atoms with Crippen LogP contribution in [0.25, 0.3) is 0 Å². The number of aromatic nitrogens is 2. The van der Waals surface area contributed by atoms with Crippen LogP contribution in [0.3, 0.4) is 0 Å². The zero-order valence-corrected chi connectivity index (χ0v) is 10.5. The van der Waals surface area contributed by atoms with Crippen molar-refractivity contribution in [3.05, 3.63) is 53.4 Å². The Bertz CT molecular complexity index is 734. The van der Waals surface area contributed by atoms with Gasteiger partial charge < -0.3 is 4.57 Å². The Balaban J connectivity index is 2.37. The van der Waals surface area contributed by atoms with Crippen molar-refractivity contribution in [2.75, 3.05) is 0 Å². The first-order valence-electron chi connectivity index (χ1n) is 5.75. The molecule has 1 unspecified atom stereocenters. The molecule has 0 radical (unpaired) electrons. The number of halogens is 1. The van der Waals surface area contributed by atoms with E-state index in [1.165, 1.54) is 35.2 Å². The van der Waals surface area contributed by atoms with Crippen molar-refractivity contribution in [2.24, 2.45) is 0 Å². The zero-order chi connectivity index (χ0) is 14.7. The van der Waals surface area contributed by atoms with E-state index in [0.717, 1.165) is 0 Å². The third kappa shape index (κ3) is 2.27. The molecule has 0 spiro atoms. The van der Waals surface area contributed by atoms with Crippen molar-refractivity contribution in [2.45, 2.75) is 13.0 Å². The monoisotopic (exact) mass is 268 g/mol. The van der Waals surface area contributed by atoms with E-state index in [0.29, 0.717) is 5.56 Å². The van der Waals surface area contributed by atoms with Crippen LogP contribution in [-0.2, 0) is 0 Å². The summed E-state index contributed by atoms with van der Waals surface area (Å²) >= 11 is 0.